The SMILES string of the molecule is CCOC(=O)c1ccc(Oc2coc3c(CN4CCCCC4C)c(O)ccc3c2=O)cc1. The van der Waals surface area contributed by atoms with E-state index in [4.69, 9.17) is 13.9 Å². The summed E-state index contributed by atoms with van der Waals surface area (Å²) in [6.07, 6.45) is 4.71. The smallest absolute Gasteiger partial charge is 0.338 e. The topological polar surface area (TPSA) is 89.2 Å². The molecule has 0 aliphatic carbocycles. The van der Waals surface area contributed by atoms with E-state index in [-0.39, 0.29) is 16.9 Å². The molecule has 1 atom stereocenters. The number of nitrogens with zero attached hydrogens (tertiary/aromatic N) is 1. The number of carbonyl (C=O) groups is 1. The lowest BCUT2D eigenvalue weighted by molar-refractivity contribution is 0.0526. The van der Waals surface area contributed by atoms with Crippen molar-refractivity contribution in [1.82, 2.24) is 4.90 Å². The van der Waals surface area contributed by atoms with Crippen LogP contribution in [0.5, 0.6) is 17.2 Å². The van der Waals surface area contributed by atoms with Gasteiger partial charge in [0.15, 0.2) is 0 Å². The maximum Gasteiger partial charge on any atom is 0.338 e. The Kier molecular flexibility index (Phi) is 6.46. The normalized spacial score (nSPS) is 16.8. The molecule has 1 fully saturated rings. The fourth-order valence-electron chi connectivity index (χ4n) is 4.05. The standard InChI is InChI=1S/C25H27NO6/c1-3-30-25(29)17-7-9-18(10-8-17)32-22-15-31-24-19(23(22)28)11-12-21(27)20(24)14-26-13-5-4-6-16(26)2/h7-12,15-16,27H,3-6,13-14H2,1-2H3. The fraction of sp³-hybridized carbons (Fsp3) is 0.360. The molecule has 1 unspecified atom stereocenters. The van der Waals surface area contributed by atoms with Gasteiger partial charge in [-0.15, -0.1) is 0 Å². The molecular formula is C25H27NO6. The Hall–Kier alpha value is -3.32. The van der Waals surface area contributed by atoms with E-state index in [9.17, 15) is 14.7 Å². The number of fused-ring (bicyclic) bond motifs is 1. The van der Waals surface area contributed by atoms with Crippen molar-refractivity contribution < 1.29 is 23.8 Å². The number of aromatic hydroxyl groups is 1. The van der Waals surface area contributed by atoms with Crippen LogP contribution in [-0.2, 0) is 11.3 Å². The third kappa shape index (κ3) is 4.48. The Bertz CT molecular complexity index is 1170. The number of hydrogen-bond donors (Lipinski definition) is 1. The molecule has 0 spiro atoms. The summed E-state index contributed by atoms with van der Waals surface area (Å²) in [5.74, 6) is 0.122. The highest BCUT2D eigenvalue weighted by Crippen LogP contribution is 2.31. The average Bonchev–Trinajstić information content (AvgIpc) is 2.79. The molecule has 1 aliphatic heterocycles. The third-order valence-corrected chi connectivity index (χ3v) is 5.88. The first-order valence-electron chi connectivity index (χ1n) is 10.9. The number of hydrogen-bond acceptors (Lipinski definition) is 7. The van der Waals surface area contributed by atoms with E-state index in [0.717, 1.165) is 19.4 Å². The minimum Gasteiger partial charge on any atom is -0.507 e. The van der Waals surface area contributed by atoms with Crippen LogP contribution in [0, 0.1) is 0 Å². The fourth-order valence-corrected chi connectivity index (χ4v) is 4.05. The van der Waals surface area contributed by atoms with Crippen LogP contribution in [0.4, 0.5) is 0 Å². The maximum atomic E-state index is 13.1. The molecule has 32 heavy (non-hydrogen) atoms. The van der Waals surface area contributed by atoms with E-state index >= 15 is 0 Å². The van der Waals surface area contributed by atoms with Crippen molar-refractivity contribution in [2.45, 2.75) is 45.7 Å². The molecule has 0 radical (unpaired) electrons. The van der Waals surface area contributed by atoms with Crippen LogP contribution in [0.3, 0.4) is 0 Å². The summed E-state index contributed by atoms with van der Waals surface area (Å²) in [5.41, 5.74) is 1.06. The first kappa shape index (κ1) is 21.9. The Labute approximate surface area is 186 Å². The number of phenols is 1. The van der Waals surface area contributed by atoms with Crippen LogP contribution >= 0.6 is 0 Å². The summed E-state index contributed by atoms with van der Waals surface area (Å²) >= 11 is 0. The molecule has 3 aromatic rings. The first-order valence-corrected chi connectivity index (χ1v) is 10.9. The van der Waals surface area contributed by atoms with Crippen molar-refractivity contribution in [2.24, 2.45) is 0 Å². The molecule has 1 N–H and O–H groups in total. The second kappa shape index (κ2) is 9.44. The Balaban J connectivity index is 1.61. The highest BCUT2D eigenvalue weighted by atomic mass is 16.5. The van der Waals surface area contributed by atoms with Gasteiger partial charge in [-0.1, -0.05) is 6.42 Å². The number of benzene rings is 2. The van der Waals surface area contributed by atoms with E-state index in [0.29, 0.717) is 47.0 Å². The lowest BCUT2D eigenvalue weighted by Gasteiger charge is -2.33. The predicted octanol–water partition coefficient (Wildman–Crippen LogP) is 4.84. The highest BCUT2D eigenvalue weighted by Gasteiger charge is 2.22. The summed E-state index contributed by atoms with van der Waals surface area (Å²) in [6.45, 7) is 5.68. The van der Waals surface area contributed by atoms with Crippen molar-refractivity contribution in [2.75, 3.05) is 13.2 Å². The number of likely N-dealkylation sites (tertiary alicyclic amines) is 1. The first-order chi connectivity index (χ1) is 15.5. The molecule has 0 amide bonds. The molecular weight excluding hydrogens is 410 g/mol. The van der Waals surface area contributed by atoms with Gasteiger partial charge >= 0.3 is 5.97 Å². The van der Waals surface area contributed by atoms with Crippen molar-refractivity contribution in [1.29, 1.82) is 0 Å². The van der Waals surface area contributed by atoms with Gasteiger partial charge in [0.05, 0.1) is 23.1 Å². The molecule has 1 aromatic heterocycles. The van der Waals surface area contributed by atoms with Crippen molar-refractivity contribution >= 4 is 16.9 Å². The number of piperidine rings is 1. The molecule has 168 valence electrons. The molecule has 7 heteroatoms. The lowest BCUT2D eigenvalue weighted by atomic mass is 10.0. The van der Waals surface area contributed by atoms with Gasteiger partial charge in [-0.3, -0.25) is 9.69 Å². The highest BCUT2D eigenvalue weighted by molar-refractivity contribution is 5.89. The van der Waals surface area contributed by atoms with Crippen molar-refractivity contribution in [3.8, 4) is 17.2 Å². The third-order valence-electron chi connectivity index (χ3n) is 5.88. The average molecular weight is 437 g/mol. The van der Waals surface area contributed by atoms with Crippen LogP contribution in [0.25, 0.3) is 11.0 Å². The zero-order valence-corrected chi connectivity index (χ0v) is 18.3. The van der Waals surface area contributed by atoms with Crippen LogP contribution in [0.15, 0.2) is 51.9 Å². The van der Waals surface area contributed by atoms with Crippen LogP contribution in [0.2, 0.25) is 0 Å². The lowest BCUT2D eigenvalue weighted by Crippen LogP contribution is -2.36. The molecule has 7 nitrogen and oxygen atoms in total. The molecule has 0 saturated carbocycles. The molecule has 0 bridgehead atoms. The Morgan fingerprint density at radius 2 is 1.97 bits per heavy atom. The molecule has 4 rings (SSSR count). The van der Waals surface area contributed by atoms with Gasteiger partial charge in [-0.2, -0.15) is 0 Å². The van der Waals surface area contributed by atoms with Gasteiger partial charge in [0.25, 0.3) is 0 Å². The number of phenolic OH excluding ortho intramolecular Hbond substituents is 1. The largest absolute Gasteiger partial charge is 0.507 e. The van der Waals surface area contributed by atoms with Gasteiger partial charge < -0.3 is 19.0 Å². The number of rotatable bonds is 6. The summed E-state index contributed by atoms with van der Waals surface area (Å²) in [4.78, 5) is 27.1. The van der Waals surface area contributed by atoms with Gasteiger partial charge in [-0.25, -0.2) is 4.79 Å². The van der Waals surface area contributed by atoms with Crippen LogP contribution < -0.4 is 10.2 Å². The number of esters is 1. The second-order valence-electron chi connectivity index (χ2n) is 8.03. The van der Waals surface area contributed by atoms with Crippen molar-refractivity contribution in [3.63, 3.8) is 0 Å². The van der Waals surface area contributed by atoms with Crippen molar-refractivity contribution in [3.05, 3.63) is 64.0 Å². The predicted molar refractivity (Wildman–Crippen MR) is 120 cm³/mol. The number of carbonyl (C=O) groups excluding carboxylic acids is 1. The summed E-state index contributed by atoms with van der Waals surface area (Å²) in [7, 11) is 0. The summed E-state index contributed by atoms with van der Waals surface area (Å²) in [5, 5.41) is 10.8. The minimum atomic E-state index is -0.417. The zero-order chi connectivity index (χ0) is 22.7. The van der Waals surface area contributed by atoms with E-state index in [1.54, 1.807) is 37.3 Å². The minimum absolute atomic E-state index is 0.0318. The zero-order valence-electron chi connectivity index (χ0n) is 18.3. The van der Waals surface area contributed by atoms with E-state index in [1.807, 2.05) is 0 Å². The molecule has 1 aliphatic rings. The molecule has 1 saturated heterocycles. The van der Waals surface area contributed by atoms with Crippen LogP contribution in [0.1, 0.15) is 49.0 Å². The van der Waals surface area contributed by atoms with Gasteiger partial charge in [0.2, 0.25) is 11.2 Å². The second-order valence-corrected chi connectivity index (χ2v) is 8.03. The van der Waals surface area contributed by atoms with E-state index in [1.165, 1.54) is 18.8 Å². The summed E-state index contributed by atoms with van der Waals surface area (Å²) in [6, 6.07) is 9.83. The molecule has 2 heterocycles. The van der Waals surface area contributed by atoms with Gasteiger partial charge in [0.1, 0.15) is 23.3 Å². The maximum absolute atomic E-state index is 13.1. The monoisotopic (exact) mass is 437 g/mol. The Morgan fingerprint density at radius 3 is 2.69 bits per heavy atom. The van der Waals surface area contributed by atoms with E-state index < -0.39 is 5.97 Å². The van der Waals surface area contributed by atoms with Crippen LogP contribution in [-0.4, -0.2) is 35.2 Å². The summed E-state index contributed by atoms with van der Waals surface area (Å²) < 4.78 is 16.5. The quantitative estimate of drug-likeness (QED) is 0.552. The van der Waals surface area contributed by atoms with Gasteiger partial charge in [-0.05, 0) is 69.6 Å². The molecule has 2 aromatic carbocycles. The number of ether oxygens (including phenoxy) is 2. The Morgan fingerprint density at radius 1 is 1.19 bits per heavy atom. The van der Waals surface area contributed by atoms with E-state index in [2.05, 4.69) is 11.8 Å². The van der Waals surface area contributed by atoms with Gasteiger partial charge in [0, 0.05) is 12.6 Å².